The van der Waals surface area contributed by atoms with Crippen molar-refractivity contribution in [3.8, 4) is 22.3 Å². The topological polar surface area (TPSA) is 44.2 Å². The quantitative estimate of drug-likeness (QED) is 0.714. The SMILES string of the molecule is Clc1c[c]ccc1-c1cncc(-c2ccnc(C3OCCO3)c2)c1. The van der Waals surface area contributed by atoms with Crippen molar-refractivity contribution in [1.29, 1.82) is 0 Å². The van der Waals surface area contributed by atoms with Gasteiger partial charge < -0.3 is 9.47 Å². The molecule has 4 rings (SSSR count). The van der Waals surface area contributed by atoms with E-state index in [1.54, 1.807) is 18.5 Å². The van der Waals surface area contributed by atoms with Gasteiger partial charge in [-0.2, -0.15) is 0 Å². The number of ether oxygens (including phenoxy) is 2. The molecule has 2 aromatic heterocycles. The molecule has 0 spiro atoms. The van der Waals surface area contributed by atoms with Gasteiger partial charge in [-0.25, -0.2) is 0 Å². The van der Waals surface area contributed by atoms with Gasteiger partial charge in [0.25, 0.3) is 0 Å². The van der Waals surface area contributed by atoms with Gasteiger partial charge in [0.15, 0.2) is 0 Å². The zero-order chi connectivity index (χ0) is 16.4. The number of benzene rings is 1. The van der Waals surface area contributed by atoms with Crippen molar-refractivity contribution >= 4 is 11.6 Å². The van der Waals surface area contributed by atoms with Crippen LogP contribution in [0.15, 0.2) is 55.0 Å². The van der Waals surface area contributed by atoms with Crippen LogP contribution in [0.4, 0.5) is 0 Å². The minimum atomic E-state index is -0.389. The Labute approximate surface area is 145 Å². The second-order valence-corrected chi connectivity index (χ2v) is 5.82. The molecule has 24 heavy (non-hydrogen) atoms. The van der Waals surface area contributed by atoms with Gasteiger partial charge in [0.1, 0.15) is 0 Å². The van der Waals surface area contributed by atoms with Gasteiger partial charge in [0.2, 0.25) is 6.29 Å². The Morgan fingerprint density at radius 3 is 2.71 bits per heavy atom. The standard InChI is InChI=1S/C19H14ClN2O2/c20-17-4-2-1-3-16(17)15-9-14(11-21-12-15)13-5-6-22-18(10-13)19-23-7-8-24-19/h1,3-6,9-12,19H,7-8H2. The van der Waals surface area contributed by atoms with E-state index in [1.807, 2.05) is 30.5 Å². The highest BCUT2D eigenvalue weighted by molar-refractivity contribution is 6.33. The number of pyridine rings is 2. The van der Waals surface area contributed by atoms with E-state index in [-0.39, 0.29) is 6.29 Å². The Morgan fingerprint density at radius 1 is 1.04 bits per heavy atom. The van der Waals surface area contributed by atoms with Crippen LogP contribution in [0, 0.1) is 6.07 Å². The molecule has 1 aliphatic heterocycles. The highest BCUT2D eigenvalue weighted by atomic mass is 35.5. The summed E-state index contributed by atoms with van der Waals surface area (Å²) in [5.41, 5.74) is 4.65. The Kier molecular flexibility index (Phi) is 4.26. The summed E-state index contributed by atoms with van der Waals surface area (Å²) in [6.45, 7) is 1.19. The summed E-state index contributed by atoms with van der Waals surface area (Å²) in [6.07, 6.45) is 4.99. The van der Waals surface area contributed by atoms with Crippen LogP contribution in [-0.4, -0.2) is 23.2 Å². The molecule has 0 aliphatic carbocycles. The summed E-state index contributed by atoms with van der Waals surface area (Å²) < 4.78 is 11.0. The third-order valence-electron chi connectivity index (χ3n) is 3.84. The van der Waals surface area contributed by atoms with Crippen LogP contribution < -0.4 is 0 Å². The van der Waals surface area contributed by atoms with Crippen LogP contribution in [0.25, 0.3) is 22.3 Å². The van der Waals surface area contributed by atoms with Crippen molar-refractivity contribution < 1.29 is 9.47 Å². The van der Waals surface area contributed by atoms with E-state index in [4.69, 9.17) is 21.1 Å². The Hall–Kier alpha value is -2.27. The molecule has 0 unspecified atom stereocenters. The van der Waals surface area contributed by atoms with Gasteiger partial charge in [-0.05, 0) is 35.9 Å². The first kappa shape index (κ1) is 15.3. The lowest BCUT2D eigenvalue weighted by Crippen LogP contribution is -2.01. The maximum absolute atomic E-state index is 6.27. The molecule has 3 aromatic rings. The smallest absolute Gasteiger partial charge is 0.201 e. The van der Waals surface area contributed by atoms with E-state index in [1.165, 1.54) is 0 Å². The van der Waals surface area contributed by atoms with Crippen LogP contribution in [0.1, 0.15) is 12.0 Å². The first-order chi connectivity index (χ1) is 11.8. The summed E-state index contributed by atoms with van der Waals surface area (Å²) in [7, 11) is 0. The fraction of sp³-hybridized carbons (Fsp3) is 0.158. The predicted molar refractivity (Wildman–Crippen MR) is 91.4 cm³/mol. The minimum Gasteiger partial charge on any atom is -0.345 e. The Bertz CT molecular complexity index is 863. The third kappa shape index (κ3) is 3.04. The molecule has 0 amide bonds. The average molecular weight is 338 g/mol. The van der Waals surface area contributed by atoms with Crippen molar-refractivity contribution in [2.75, 3.05) is 13.2 Å². The number of rotatable bonds is 3. The van der Waals surface area contributed by atoms with E-state index in [2.05, 4.69) is 22.1 Å². The van der Waals surface area contributed by atoms with E-state index in [0.29, 0.717) is 18.2 Å². The average Bonchev–Trinajstić information content (AvgIpc) is 3.17. The summed E-state index contributed by atoms with van der Waals surface area (Å²) in [5.74, 6) is 0. The van der Waals surface area contributed by atoms with Gasteiger partial charge in [0, 0.05) is 40.3 Å². The molecular formula is C19H14ClN2O2. The van der Waals surface area contributed by atoms with Crippen LogP contribution in [0.5, 0.6) is 0 Å². The lowest BCUT2D eigenvalue weighted by atomic mass is 10.0. The van der Waals surface area contributed by atoms with E-state index in [9.17, 15) is 0 Å². The maximum Gasteiger partial charge on any atom is 0.201 e. The van der Waals surface area contributed by atoms with Crippen molar-refractivity contribution in [3.63, 3.8) is 0 Å². The minimum absolute atomic E-state index is 0.389. The van der Waals surface area contributed by atoms with Gasteiger partial charge in [-0.3, -0.25) is 9.97 Å². The van der Waals surface area contributed by atoms with E-state index >= 15 is 0 Å². The molecule has 3 heterocycles. The third-order valence-corrected chi connectivity index (χ3v) is 4.15. The van der Waals surface area contributed by atoms with Crippen LogP contribution in [-0.2, 0) is 9.47 Å². The number of aromatic nitrogens is 2. The Balaban J connectivity index is 1.71. The molecule has 119 valence electrons. The van der Waals surface area contributed by atoms with Gasteiger partial charge in [0.05, 0.1) is 18.9 Å². The molecule has 1 fully saturated rings. The molecule has 0 saturated carbocycles. The molecular weight excluding hydrogens is 324 g/mol. The number of hydrogen-bond donors (Lipinski definition) is 0. The highest BCUT2D eigenvalue weighted by Gasteiger charge is 2.20. The normalized spacial score (nSPS) is 14.9. The molecule has 1 aromatic carbocycles. The monoisotopic (exact) mass is 337 g/mol. The predicted octanol–water partition coefficient (Wildman–Crippen LogP) is 4.31. The molecule has 1 radical (unpaired) electrons. The largest absolute Gasteiger partial charge is 0.345 e. The Morgan fingerprint density at radius 2 is 1.88 bits per heavy atom. The molecule has 0 N–H and O–H groups in total. The highest BCUT2D eigenvalue weighted by Crippen LogP contribution is 2.31. The van der Waals surface area contributed by atoms with Gasteiger partial charge in [-0.1, -0.05) is 23.7 Å². The first-order valence-corrected chi connectivity index (χ1v) is 7.99. The lowest BCUT2D eigenvalue weighted by molar-refractivity contribution is -0.0472. The second-order valence-electron chi connectivity index (χ2n) is 5.41. The maximum atomic E-state index is 6.27. The van der Waals surface area contributed by atoms with Crippen molar-refractivity contribution in [2.45, 2.75) is 6.29 Å². The van der Waals surface area contributed by atoms with Crippen molar-refractivity contribution in [3.05, 3.63) is 71.8 Å². The summed E-state index contributed by atoms with van der Waals surface area (Å²) in [4.78, 5) is 8.70. The zero-order valence-corrected chi connectivity index (χ0v) is 13.5. The van der Waals surface area contributed by atoms with Gasteiger partial charge >= 0.3 is 0 Å². The summed E-state index contributed by atoms with van der Waals surface area (Å²) >= 11 is 6.27. The van der Waals surface area contributed by atoms with Crippen molar-refractivity contribution in [1.82, 2.24) is 9.97 Å². The molecule has 1 aliphatic rings. The molecule has 5 heteroatoms. The fourth-order valence-electron chi connectivity index (χ4n) is 2.68. The zero-order valence-electron chi connectivity index (χ0n) is 12.8. The molecule has 0 bridgehead atoms. The fourth-order valence-corrected chi connectivity index (χ4v) is 2.91. The number of hydrogen-bond acceptors (Lipinski definition) is 4. The second kappa shape index (κ2) is 6.69. The lowest BCUT2D eigenvalue weighted by Gasteiger charge is -2.11. The van der Waals surface area contributed by atoms with Crippen LogP contribution >= 0.6 is 11.6 Å². The van der Waals surface area contributed by atoms with E-state index in [0.717, 1.165) is 27.9 Å². The molecule has 0 atom stereocenters. The number of halogens is 1. The van der Waals surface area contributed by atoms with Crippen LogP contribution in [0.2, 0.25) is 5.02 Å². The van der Waals surface area contributed by atoms with Crippen LogP contribution in [0.3, 0.4) is 0 Å². The van der Waals surface area contributed by atoms with Crippen molar-refractivity contribution in [2.24, 2.45) is 0 Å². The summed E-state index contributed by atoms with van der Waals surface area (Å²) in [6, 6.07) is 14.5. The number of nitrogens with zero attached hydrogens (tertiary/aromatic N) is 2. The molecule has 1 saturated heterocycles. The summed E-state index contributed by atoms with van der Waals surface area (Å²) in [5, 5.41) is 0.652. The van der Waals surface area contributed by atoms with Gasteiger partial charge in [-0.15, -0.1) is 0 Å². The van der Waals surface area contributed by atoms with E-state index < -0.39 is 0 Å². The first-order valence-electron chi connectivity index (χ1n) is 7.62. The molecule has 4 nitrogen and oxygen atoms in total.